The lowest BCUT2D eigenvalue weighted by molar-refractivity contribution is 0.0669. The van der Waals surface area contributed by atoms with Crippen LogP contribution in [-0.4, -0.2) is 36.5 Å². The topological polar surface area (TPSA) is 45.5 Å². The summed E-state index contributed by atoms with van der Waals surface area (Å²) in [6, 6.07) is 3.84. The average Bonchev–Trinajstić information content (AvgIpc) is 2.94. The number of furan rings is 1. The maximum atomic E-state index is 12.3. The molecule has 0 spiro atoms. The van der Waals surface area contributed by atoms with Crippen LogP contribution in [0.15, 0.2) is 21.2 Å². The molecular weight excluding hydrogens is 284 g/mol. The van der Waals surface area contributed by atoms with Crippen molar-refractivity contribution in [2.45, 2.75) is 18.9 Å². The summed E-state index contributed by atoms with van der Waals surface area (Å²) >= 11 is 3.23. The number of fused-ring (bicyclic) bond motifs is 1. The predicted molar refractivity (Wildman–Crippen MR) is 66.8 cm³/mol. The van der Waals surface area contributed by atoms with Crippen molar-refractivity contribution in [3.8, 4) is 0 Å². The van der Waals surface area contributed by atoms with Crippen molar-refractivity contribution in [2.75, 3.05) is 19.6 Å². The van der Waals surface area contributed by atoms with Crippen LogP contribution in [0.5, 0.6) is 0 Å². The molecule has 0 bridgehead atoms. The van der Waals surface area contributed by atoms with Crippen LogP contribution in [0.2, 0.25) is 0 Å². The third kappa shape index (κ3) is 2.02. The number of carbonyl (C=O) groups excluding carboxylic acids is 1. The monoisotopic (exact) mass is 298 g/mol. The molecule has 2 atom stereocenters. The van der Waals surface area contributed by atoms with Gasteiger partial charge in [-0.25, -0.2) is 0 Å². The fourth-order valence-corrected chi connectivity index (χ4v) is 3.20. The summed E-state index contributed by atoms with van der Waals surface area (Å²) in [6.07, 6.45) is 2.30. The van der Waals surface area contributed by atoms with Crippen LogP contribution in [0.25, 0.3) is 0 Å². The maximum absolute atomic E-state index is 12.3. The Kier molecular flexibility index (Phi) is 2.96. The van der Waals surface area contributed by atoms with Gasteiger partial charge in [-0.1, -0.05) is 0 Å². The fraction of sp³-hybridized carbons (Fsp3) is 0.583. The van der Waals surface area contributed by atoms with E-state index in [0.717, 1.165) is 26.1 Å². The molecular formula is C12H15BrN2O2. The zero-order valence-corrected chi connectivity index (χ0v) is 11.1. The fourth-order valence-electron chi connectivity index (χ4n) is 2.89. The van der Waals surface area contributed by atoms with Gasteiger partial charge in [0.25, 0.3) is 5.91 Å². The van der Waals surface area contributed by atoms with Crippen LogP contribution in [0.3, 0.4) is 0 Å². The molecule has 4 nitrogen and oxygen atoms in total. The van der Waals surface area contributed by atoms with Crippen molar-refractivity contribution in [3.63, 3.8) is 0 Å². The van der Waals surface area contributed by atoms with Crippen molar-refractivity contribution >= 4 is 21.8 Å². The number of nitrogens with one attached hydrogen (secondary N) is 1. The number of likely N-dealkylation sites (tertiary alicyclic amines) is 1. The van der Waals surface area contributed by atoms with E-state index in [1.165, 1.54) is 6.42 Å². The lowest BCUT2D eigenvalue weighted by atomic mass is 9.93. The average molecular weight is 299 g/mol. The number of hydrogen-bond donors (Lipinski definition) is 1. The third-order valence-corrected chi connectivity index (χ3v) is 4.20. The summed E-state index contributed by atoms with van der Waals surface area (Å²) in [6.45, 7) is 2.85. The van der Waals surface area contributed by atoms with Gasteiger partial charge in [0.05, 0.1) is 0 Å². The molecule has 0 radical (unpaired) electrons. The highest BCUT2D eigenvalue weighted by Gasteiger charge is 2.39. The second kappa shape index (κ2) is 4.46. The maximum Gasteiger partial charge on any atom is 0.289 e. The molecule has 2 aliphatic heterocycles. The molecule has 3 heterocycles. The van der Waals surface area contributed by atoms with Gasteiger partial charge in [-0.3, -0.25) is 4.79 Å². The van der Waals surface area contributed by atoms with Gasteiger partial charge in [-0.2, -0.15) is 0 Å². The van der Waals surface area contributed by atoms with E-state index in [9.17, 15) is 4.79 Å². The summed E-state index contributed by atoms with van der Waals surface area (Å²) < 4.78 is 5.95. The molecule has 5 heteroatoms. The molecule has 2 saturated heterocycles. The van der Waals surface area contributed by atoms with Crippen LogP contribution < -0.4 is 5.32 Å². The van der Waals surface area contributed by atoms with Gasteiger partial charge in [0, 0.05) is 19.1 Å². The lowest BCUT2D eigenvalue weighted by Crippen LogP contribution is -2.47. The molecule has 92 valence electrons. The second-order valence-electron chi connectivity index (χ2n) is 4.71. The normalized spacial score (nSPS) is 28.2. The summed E-state index contributed by atoms with van der Waals surface area (Å²) in [4.78, 5) is 14.3. The molecule has 0 aromatic carbocycles. The zero-order chi connectivity index (χ0) is 11.8. The summed E-state index contributed by atoms with van der Waals surface area (Å²) in [5, 5.41) is 3.36. The first-order valence-electron chi connectivity index (χ1n) is 6.03. The number of halogens is 1. The Morgan fingerprint density at radius 2 is 2.35 bits per heavy atom. The SMILES string of the molecule is O=C(c1ccc(Br)o1)N1CCC2CCNCC21. The highest BCUT2D eigenvalue weighted by atomic mass is 79.9. The van der Waals surface area contributed by atoms with Crippen LogP contribution in [0.1, 0.15) is 23.4 Å². The van der Waals surface area contributed by atoms with E-state index >= 15 is 0 Å². The first-order chi connectivity index (χ1) is 8.25. The van der Waals surface area contributed by atoms with Crippen LogP contribution in [0.4, 0.5) is 0 Å². The summed E-state index contributed by atoms with van der Waals surface area (Å²) in [5.74, 6) is 1.12. The third-order valence-electron chi connectivity index (χ3n) is 3.78. The van der Waals surface area contributed by atoms with Crippen LogP contribution >= 0.6 is 15.9 Å². The Hall–Kier alpha value is -0.810. The molecule has 0 aliphatic carbocycles. The van der Waals surface area contributed by atoms with Crippen molar-refractivity contribution in [1.82, 2.24) is 10.2 Å². The molecule has 3 rings (SSSR count). The zero-order valence-electron chi connectivity index (χ0n) is 9.49. The highest BCUT2D eigenvalue weighted by molar-refractivity contribution is 9.10. The minimum Gasteiger partial charge on any atom is -0.444 e. The molecule has 1 aromatic rings. The van der Waals surface area contributed by atoms with Gasteiger partial charge in [0.2, 0.25) is 0 Å². The van der Waals surface area contributed by atoms with E-state index in [-0.39, 0.29) is 5.91 Å². The van der Waals surface area contributed by atoms with Crippen molar-refractivity contribution in [1.29, 1.82) is 0 Å². The molecule has 2 aliphatic rings. The number of carbonyl (C=O) groups is 1. The quantitative estimate of drug-likeness (QED) is 0.861. The van der Waals surface area contributed by atoms with E-state index in [2.05, 4.69) is 21.2 Å². The molecule has 1 amide bonds. The molecule has 1 N–H and O–H groups in total. The largest absolute Gasteiger partial charge is 0.444 e. The number of hydrogen-bond acceptors (Lipinski definition) is 3. The van der Waals surface area contributed by atoms with E-state index in [1.54, 1.807) is 12.1 Å². The minimum atomic E-state index is 0.0203. The summed E-state index contributed by atoms with van der Waals surface area (Å²) in [7, 11) is 0. The highest BCUT2D eigenvalue weighted by Crippen LogP contribution is 2.30. The number of amides is 1. The first kappa shape index (κ1) is 11.3. The van der Waals surface area contributed by atoms with Crippen molar-refractivity contribution in [2.24, 2.45) is 5.92 Å². The smallest absolute Gasteiger partial charge is 0.289 e. The molecule has 2 unspecified atom stereocenters. The Labute approximate surface area is 108 Å². The predicted octanol–water partition coefficient (Wildman–Crippen LogP) is 1.87. The molecule has 17 heavy (non-hydrogen) atoms. The minimum absolute atomic E-state index is 0.0203. The van der Waals surface area contributed by atoms with Gasteiger partial charge >= 0.3 is 0 Å². The van der Waals surface area contributed by atoms with Crippen LogP contribution in [-0.2, 0) is 0 Å². The lowest BCUT2D eigenvalue weighted by Gasteiger charge is -2.31. The molecule has 2 fully saturated rings. The Bertz CT molecular complexity index is 432. The van der Waals surface area contributed by atoms with E-state index in [4.69, 9.17) is 4.42 Å². The van der Waals surface area contributed by atoms with Gasteiger partial charge in [0.15, 0.2) is 10.4 Å². The number of rotatable bonds is 1. The van der Waals surface area contributed by atoms with E-state index in [0.29, 0.717) is 22.4 Å². The van der Waals surface area contributed by atoms with Crippen molar-refractivity contribution in [3.05, 3.63) is 22.6 Å². The molecule has 1 aromatic heterocycles. The Morgan fingerprint density at radius 1 is 1.47 bits per heavy atom. The van der Waals surface area contributed by atoms with Gasteiger partial charge < -0.3 is 14.6 Å². The molecule has 0 saturated carbocycles. The standard InChI is InChI=1S/C12H15BrN2O2/c13-11-2-1-10(17-11)12(16)15-6-4-8-3-5-14-7-9(8)15/h1-2,8-9,14H,3-7H2. The van der Waals surface area contributed by atoms with Gasteiger partial charge in [-0.15, -0.1) is 0 Å². The second-order valence-corrected chi connectivity index (χ2v) is 5.49. The van der Waals surface area contributed by atoms with Crippen LogP contribution in [0, 0.1) is 5.92 Å². The first-order valence-corrected chi connectivity index (χ1v) is 6.82. The van der Waals surface area contributed by atoms with Gasteiger partial charge in [-0.05, 0) is 53.4 Å². The number of piperidine rings is 1. The van der Waals surface area contributed by atoms with Gasteiger partial charge in [0.1, 0.15) is 0 Å². The van der Waals surface area contributed by atoms with E-state index < -0.39 is 0 Å². The Balaban J connectivity index is 1.78. The van der Waals surface area contributed by atoms with E-state index in [1.807, 2.05) is 4.90 Å². The Morgan fingerprint density at radius 3 is 3.12 bits per heavy atom. The summed E-state index contributed by atoms with van der Waals surface area (Å²) in [5.41, 5.74) is 0. The van der Waals surface area contributed by atoms with Crippen molar-refractivity contribution < 1.29 is 9.21 Å². The number of nitrogens with zero attached hydrogens (tertiary/aromatic N) is 1.